The van der Waals surface area contributed by atoms with Crippen LogP contribution in [-0.2, 0) is 0 Å². The topological polar surface area (TPSA) is 44.3 Å². The Hall–Kier alpha value is -2.30. The van der Waals surface area contributed by atoms with Crippen LogP contribution in [0, 0.1) is 6.92 Å². The lowest BCUT2D eigenvalue weighted by atomic mass is 10.2. The average molecular weight is 351 g/mol. The van der Waals surface area contributed by atoms with Gasteiger partial charge in [0, 0.05) is 49.3 Å². The van der Waals surface area contributed by atoms with Crippen LogP contribution in [0.1, 0.15) is 44.2 Å². The molecule has 5 heteroatoms. The molecule has 0 unspecified atom stereocenters. The second-order valence-corrected chi connectivity index (χ2v) is 7.46. The normalized spacial score (nSPS) is 18.0. The van der Waals surface area contributed by atoms with Gasteiger partial charge in [-0.1, -0.05) is 12.8 Å². The summed E-state index contributed by atoms with van der Waals surface area (Å²) in [5.74, 6) is 1.74. The van der Waals surface area contributed by atoms with Crippen LogP contribution < -0.4 is 15.1 Å². The van der Waals surface area contributed by atoms with Gasteiger partial charge in [-0.15, -0.1) is 0 Å². The molecule has 2 aromatic rings. The molecule has 0 saturated carbocycles. The van der Waals surface area contributed by atoms with Gasteiger partial charge < -0.3 is 15.1 Å². The Morgan fingerprint density at radius 2 is 1.38 bits per heavy atom. The first kappa shape index (κ1) is 17.1. The summed E-state index contributed by atoms with van der Waals surface area (Å²) in [7, 11) is 0. The maximum atomic E-state index is 4.79. The molecule has 2 aliphatic rings. The third-order valence-electron chi connectivity index (χ3n) is 5.34. The van der Waals surface area contributed by atoms with Crippen LogP contribution >= 0.6 is 0 Å². The molecule has 2 aliphatic heterocycles. The fourth-order valence-electron chi connectivity index (χ4n) is 3.91. The van der Waals surface area contributed by atoms with Crippen LogP contribution in [0.15, 0.2) is 30.3 Å². The minimum atomic E-state index is 0.864. The highest BCUT2D eigenvalue weighted by molar-refractivity contribution is 5.62. The zero-order chi connectivity index (χ0) is 17.8. The molecule has 26 heavy (non-hydrogen) atoms. The Balaban J connectivity index is 1.48. The van der Waals surface area contributed by atoms with Gasteiger partial charge in [0.05, 0.1) is 0 Å². The standard InChI is InChI=1S/C21H29N5/c1-17-16-20(24-21(22-17)26-14-4-2-3-5-15-26)23-18-8-10-19(11-9-18)25-12-6-7-13-25/h8-11,16H,2-7,12-15H2,1H3,(H,22,23,24). The molecule has 0 atom stereocenters. The van der Waals surface area contributed by atoms with Gasteiger partial charge in [-0.25, -0.2) is 4.98 Å². The first-order valence-corrected chi connectivity index (χ1v) is 10.0. The van der Waals surface area contributed by atoms with E-state index in [0.717, 1.165) is 36.2 Å². The average Bonchev–Trinajstić information content (AvgIpc) is 3.04. The first-order chi connectivity index (χ1) is 12.8. The molecule has 4 rings (SSSR count). The van der Waals surface area contributed by atoms with E-state index in [1.54, 1.807) is 0 Å². The van der Waals surface area contributed by atoms with Crippen molar-refractivity contribution in [2.45, 2.75) is 45.4 Å². The smallest absolute Gasteiger partial charge is 0.227 e. The fourth-order valence-corrected chi connectivity index (χ4v) is 3.91. The SMILES string of the molecule is Cc1cc(Nc2ccc(N3CCCC3)cc2)nc(N2CCCCCC2)n1. The largest absolute Gasteiger partial charge is 0.372 e. The lowest BCUT2D eigenvalue weighted by Gasteiger charge is -2.21. The Bertz CT molecular complexity index is 714. The van der Waals surface area contributed by atoms with Gasteiger partial charge in [-0.3, -0.25) is 0 Å². The number of benzene rings is 1. The second-order valence-electron chi connectivity index (χ2n) is 7.46. The molecule has 2 fully saturated rings. The highest BCUT2D eigenvalue weighted by Gasteiger charge is 2.14. The molecular weight excluding hydrogens is 322 g/mol. The summed E-state index contributed by atoms with van der Waals surface area (Å²) in [6, 6.07) is 10.7. The zero-order valence-electron chi connectivity index (χ0n) is 15.7. The molecule has 0 spiro atoms. The summed E-state index contributed by atoms with van der Waals surface area (Å²) in [5, 5.41) is 3.46. The predicted molar refractivity (Wildman–Crippen MR) is 109 cm³/mol. The van der Waals surface area contributed by atoms with E-state index in [0.29, 0.717) is 0 Å². The summed E-state index contributed by atoms with van der Waals surface area (Å²) < 4.78 is 0. The third kappa shape index (κ3) is 4.09. The van der Waals surface area contributed by atoms with Gasteiger partial charge in [0.2, 0.25) is 5.95 Å². The van der Waals surface area contributed by atoms with Crippen LogP contribution in [0.4, 0.5) is 23.1 Å². The second kappa shape index (κ2) is 7.94. The molecule has 1 aromatic carbocycles. The van der Waals surface area contributed by atoms with Crippen molar-refractivity contribution >= 4 is 23.1 Å². The van der Waals surface area contributed by atoms with Crippen molar-refractivity contribution in [1.82, 2.24) is 9.97 Å². The van der Waals surface area contributed by atoms with Crippen LogP contribution in [0.25, 0.3) is 0 Å². The van der Waals surface area contributed by atoms with Gasteiger partial charge >= 0.3 is 0 Å². The number of hydrogen-bond donors (Lipinski definition) is 1. The monoisotopic (exact) mass is 351 g/mol. The highest BCUT2D eigenvalue weighted by atomic mass is 15.3. The summed E-state index contributed by atoms with van der Waals surface area (Å²) in [6.07, 6.45) is 7.71. The molecule has 0 bridgehead atoms. The minimum Gasteiger partial charge on any atom is -0.372 e. The molecule has 1 N–H and O–H groups in total. The Morgan fingerprint density at radius 1 is 0.769 bits per heavy atom. The van der Waals surface area contributed by atoms with Crippen molar-refractivity contribution in [3.8, 4) is 0 Å². The molecule has 1 aromatic heterocycles. The molecule has 138 valence electrons. The zero-order valence-corrected chi connectivity index (χ0v) is 15.7. The molecule has 0 amide bonds. The van der Waals surface area contributed by atoms with Crippen molar-refractivity contribution in [3.63, 3.8) is 0 Å². The number of aromatic nitrogens is 2. The summed E-state index contributed by atoms with van der Waals surface area (Å²) in [6.45, 7) is 6.53. The van der Waals surface area contributed by atoms with E-state index in [1.165, 1.54) is 57.3 Å². The number of rotatable bonds is 4. The maximum absolute atomic E-state index is 4.79. The van der Waals surface area contributed by atoms with Crippen molar-refractivity contribution in [2.24, 2.45) is 0 Å². The van der Waals surface area contributed by atoms with Gasteiger partial charge in [0.25, 0.3) is 0 Å². The first-order valence-electron chi connectivity index (χ1n) is 10.0. The lowest BCUT2D eigenvalue weighted by molar-refractivity contribution is 0.726. The number of nitrogens with zero attached hydrogens (tertiary/aromatic N) is 4. The molecule has 5 nitrogen and oxygen atoms in total. The quantitative estimate of drug-likeness (QED) is 0.878. The van der Waals surface area contributed by atoms with Gasteiger partial charge in [0.1, 0.15) is 5.82 Å². The summed E-state index contributed by atoms with van der Waals surface area (Å²) in [5.41, 5.74) is 3.40. The molecular formula is C21H29N5. The highest BCUT2D eigenvalue weighted by Crippen LogP contribution is 2.25. The molecule has 0 radical (unpaired) electrons. The van der Waals surface area contributed by atoms with Crippen LogP contribution in [0.2, 0.25) is 0 Å². The number of anilines is 4. The maximum Gasteiger partial charge on any atom is 0.227 e. The fraction of sp³-hybridized carbons (Fsp3) is 0.524. The summed E-state index contributed by atoms with van der Waals surface area (Å²) in [4.78, 5) is 14.3. The predicted octanol–water partition coefficient (Wildman–Crippen LogP) is 4.51. The van der Waals surface area contributed by atoms with Crippen molar-refractivity contribution < 1.29 is 0 Å². The van der Waals surface area contributed by atoms with E-state index in [2.05, 4.69) is 44.4 Å². The van der Waals surface area contributed by atoms with Gasteiger partial charge in [-0.2, -0.15) is 4.98 Å². The van der Waals surface area contributed by atoms with Gasteiger partial charge in [-0.05, 0) is 56.9 Å². The van der Waals surface area contributed by atoms with Crippen LogP contribution in [0.3, 0.4) is 0 Å². The van der Waals surface area contributed by atoms with Crippen LogP contribution in [-0.4, -0.2) is 36.1 Å². The molecule has 0 aliphatic carbocycles. The van der Waals surface area contributed by atoms with Crippen molar-refractivity contribution in [1.29, 1.82) is 0 Å². The molecule has 2 saturated heterocycles. The van der Waals surface area contributed by atoms with E-state index in [1.807, 2.05) is 13.0 Å². The Morgan fingerprint density at radius 3 is 2.08 bits per heavy atom. The van der Waals surface area contributed by atoms with E-state index in [-0.39, 0.29) is 0 Å². The van der Waals surface area contributed by atoms with E-state index >= 15 is 0 Å². The van der Waals surface area contributed by atoms with Crippen molar-refractivity contribution in [2.75, 3.05) is 41.3 Å². The van der Waals surface area contributed by atoms with E-state index in [4.69, 9.17) is 4.98 Å². The number of aryl methyl sites for hydroxylation is 1. The van der Waals surface area contributed by atoms with E-state index in [9.17, 15) is 0 Å². The Labute approximate surface area is 156 Å². The molecule has 3 heterocycles. The summed E-state index contributed by atoms with van der Waals surface area (Å²) >= 11 is 0. The minimum absolute atomic E-state index is 0.864. The van der Waals surface area contributed by atoms with Crippen LogP contribution in [0.5, 0.6) is 0 Å². The van der Waals surface area contributed by atoms with E-state index < -0.39 is 0 Å². The third-order valence-corrected chi connectivity index (χ3v) is 5.34. The number of hydrogen-bond acceptors (Lipinski definition) is 5. The lowest BCUT2D eigenvalue weighted by Crippen LogP contribution is -2.26. The van der Waals surface area contributed by atoms with Crippen molar-refractivity contribution in [3.05, 3.63) is 36.0 Å². The Kier molecular flexibility index (Phi) is 5.23. The van der Waals surface area contributed by atoms with Gasteiger partial charge in [0.15, 0.2) is 0 Å². The number of nitrogens with one attached hydrogen (secondary N) is 1.